The third kappa shape index (κ3) is 3.71. The quantitative estimate of drug-likeness (QED) is 0.882. The van der Waals surface area contributed by atoms with Crippen molar-refractivity contribution in [3.05, 3.63) is 24.0 Å². The van der Waals surface area contributed by atoms with Gasteiger partial charge in [-0.1, -0.05) is 6.42 Å². The lowest BCUT2D eigenvalue weighted by atomic mass is 10.1. The van der Waals surface area contributed by atoms with E-state index in [1.165, 1.54) is 32.4 Å². The maximum Gasteiger partial charge on any atom is 0.140 e. The predicted octanol–water partition coefficient (Wildman–Crippen LogP) is 2.24. The highest BCUT2D eigenvalue weighted by atomic mass is 15.1. The third-order valence-electron chi connectivity index (χ3n) is 3.27. The van der Waals surface area contributed by atoms with E-state index in [1.807, 2.05) is 12.1 Å². The van der Waals surface area contributed by atoms with Crippen molar-refractivity contribution in [3.8, 4) is 6.07 Å². The van der Waals surface area contributed by atoms with Gasteiger partial charge in [0.25, 0.3) is 0 Å². The summed E-state index contributed by atoms with van der Waals surface area (Å²) in [5.74, 6) is 0. The van der Waals surface area contributed by atoms with Gasteiger partial charge >= 0.3 is 0 Å². The second-order valence-electron chi connectivity index (χ2n) is 4.95. The lowest BCUT2D eigenvalue weighted by Gasteiger charge is -2.29. The van der Waals surface area contributed by atoms with Gasteiger partial charge in [0.2, 0.25) is 0 Å². The normalized spacial score (nSPS) is 18.0. The lowest BCUT2D eigenvalue weighted by Crippen LogP contribution is -2.38. The molecule has 1 aliphatic heterocycles. The van der Waals surface area contributed by atoms with E-state index < -0.39 is 0 Å². The van der Waals surface area contributed by atoms with Crippen LogP contribution in [0.3, 0.4) is 0 Å². The van der Waals surface area contributed by atoms with Crippen LogP contribution in [0.25, 0.3) is 0 Å². The molecule has 0 aliphatic carbocycles. The maximum atomic E-state index is 8.69. The number of nitrogens with one attached hydrogen (secondary N) is 1. The number of likely N-dealkylation sites (tertiary alicyclic amines) is 1. The van der Waals surface area contributed by atoms with Crippen LogP contribution in [0.4, 0.5) is 5.69 Å². The van der Waals surface area contributed by atoms with Crippen LogP contribution in [-0.2, 0) is 0 Å². The molecule has 2 heterocycles. The molecule has 0 saturated carbocycles. The number of nitrogens with zero attached hydrogens (tertiary/aromatic N) is 3. The van der Waals surface area contributed by atoms with Gasteiger partial charge in [0, 0.05) is 12.6 Å². The fourth-order valence-electron chi connectivity index (χ4n) is 2.40. The second-order valence-corrected chi connectivity index (χ2v) is 4.95. The van der Waals surface area contributed by atoms with Crippen LogP contribution in [0.2, 0.25) is 0 Å². The van der Waals surface area contributed by atoms with Crippen LogP contribution in [-0.4, -0.2) is 35.6 Å². The monoisotopic (exact) mass is 244 g/mol. The summed E-state index contributed by atoms with van der Waals surface area (Å²) in [7, 11) is 0. The topological polar surface area (TPSA) is 52.0 Å². The van der Waals surface area contributed by atoms with Crippen molar-refractivity contribution in [2.45, 2.75) is 32.2 Å². The summed E-state index contributed by atoms with van der Waals surface area (Å²) in [6, 6.07) is 6.09. The molecule has 1 N–H and O–H groups in total. The Kier molecular flexibility index (Phi) is 4.54. The van der Waals surface area contributed by atoms with E-state index in [-0.39, 0.29) is 0 Å². The van der Waals surface area contributed by atoms with Crippen LogP contribution in [0, 0.1) is 11.3 Å². The van der Waals surface area contributed by atoms with E-state index in [1.54, 1.807) is 12.3 Å². The summed E-state index contributed by atoms with van der Waals surface area (Å²) < 4.78 is 0. The van der Waals surface area contributed by atoms with Crippen LogP contribution in [0.1, 0.15) is 31.9 Å². The number of piperidine rings is 1. The van der Waals surface area contributed by atoms with Crippen LogP contribution < -0.4 is 5.32 Å². The SMILES string of the molecule is CC(CN1CCCCC1)Nc1ccc(C#N)nc1. The van der Waals surface area contributed by atoms with Crippen molar-refractivity contribution in [1.29, 1.82) is 5.26 Å². The molecule has 0 bridgehead atoms. The highest BCUT2D eigenvalue weighted by molar-refractivity contribution is 5.43. The summed E-state index contributed by atoms with van der Waals surface area (Å²) in [6.45, 7) is 5.70. The molecule has 4 heteroatoms. The number of pyridine rings is 1. The number of nitriles is 1. The third-order valence-corrected chi connectivity index (χ3v) is 3.27. The lowest BCUT2D eigenvalue weighted by molar-refractivity contribution is 0.223. The number of hydrogen-bond acceptors (Lipinski definition) is 4. The van der Waals surface area contributed by atoms with Gasteiger partial charge in [-0.15, -0.1) is 0 Å². The molecule has 1 unspecified atom stereocenters. The molecule has 1 saturated heterocycles. The van der Waals surface area contributed by atoms with E-state index >= 15 is 0 Å². The molecule has 1 atom stereocenters. The Bertz CT molecular complexity index is 401. The van der Waals surface area contributed by atoms with Crippen molar-refractivity contribution < 1.29 is 0 Å². The number of anilines is 1. The Hall–Kier alpha value is -1.60. The molecule has 0 aromatic carbocycles. The smallest absolute Gasteiger partial charge is 0.140 e. The van der Waals surface area contributed by atoms with Gasteiger partial charge in [-0.3, -0.25) is 0 Å². The first-order valence-corrected chi connectivity index (χ1v) is 6.63. The fraction of sp³-hybridized carbons (Fsp3) is 0.571. The van der Waals surface area contributed by atoms with E-state index in [2.05, 4.69) is 22.1 Å². The molecule has 1 aliphatic rings. The molecule has 2 rings (SSSR count). The van der Waals surface area contributed by atoms with Crippen LogP contribution in [0.5, 0.6) is 0 Å². The average Bonchev–Trinajstić information content (AvgIpc) is 2.40. The number of aromatic nitrogens is 1. The first-order valence-electron chi connectivity index (χ1n) is 6.63. The van der Waals surface area contributed by atoms with E-state index in [4.69, 9.17) is 5.26 Å². The van der Waals surface area contributed by atoms with Gasteiger partial charge in [0.05, 0.1) is 11.9 Å². The van der Waals surface area contributed by atoms with Crippen molar-refractivity contribution in [3.63, 3.8) is 0 Å². The van der Waals surface area contributed by atoms with Gasteiger partial charge < -0.3 is 10.2 Å². The largest absolute Gasteiger partial charge is 0.380 e. The molecular formula is C14H20N4. The Morgan fingerprint density at radius 3 is 2.78 bits per heavy atom. The predicted molar refractivity (Wildman–Crippen MR) is 72.3 cm³/mol. The molecule has 4 nitrogen and oxygen atoms in total. The van der Waals surface area contributed by atoms with E-state index in [9.17, 15) is 0 Å². The minimum atomic E-state index is 0.401. The molecule has 96 valence electrons. The summed E-state index contributed by atoms with van der Waals surface area (Å²) in [6.07, 6.45) is 5.75. The van der Waals surface area contributed by atoms with Gasteiger partial charge in [0.1, 0.15) is 11.8 Å². The van der Waals surface area contributed by atoms with Crippen molar-refractivity contribution in [2.24, 2.45) is 0 Å². The molecule has 18 heavy (non-hydrogen) atoms. The molecule has 0 amide bonds. The standard InChI is InChI=1S/C14H20N4/c1-12(11-18-7-3-2-4-8-18)17-14-6-5-13(9-15)16-10-14/h5-6,10,12,17H,2-4,7-8,11H2,1H3. The Morgan fingerprint density at radius 1 is 1.39 bits per heavy atom. The Morgan fingerprint density at radius 2 is 2.17 bits per heavy atom. The zero-order chi connectivity index (χ0) is 12.8. The fourth-order valence-corrected chi connectivity index (χ4v) is 2.40. The van der Waals surface area contributed by atoms with Crippen molar-refractivity contribution in [1.82, 2.24) is 9.88 Å². The van der Waals surface area contributed by atoms with Crippen molar-refractivity contribution >= 4 is 5.69 Å². The summed E-state index contributed by atoms with van der Waals surface area (Å²) >= 11 is 0. The molecule has 0 spiro atoms. The summed E-state index contributed by atoms with van der Waals surface area (Å²) in [5.41, 5.74) is 1.45. The van der Waals surface area contributed by atoms with Crippen LogP contribution in [0.15, 0.2) is 18.3 Å². The minimum absolute atomic E-state index is 0.401. The first kappa shape index (κ1) is 12.8. The van der Waals surface area contributed by atoms with E-state index in [0.717, 1.165) is 12.2 Å². The van der Waals surface area contributed by atoms with Gasteiger partial charge in [-0.05, 0) is 45.0 Å². The second kappa shape index (κ2) is 6.36. The van der Waals surface area contributed by atoms with Crippen LogP contribution >= 0.6 is 0 Å². The molecule has 1 aromatic rings. The van der Waals surface area contributed by atoms with Gasteiger partial charge in [-0.2, -0.15) is 5.26 Å². The molecule has 0 radical (unpaired) electrons. The zero-order valence-corrected chi connectivity index (χ0v) is 10.9. The number of hydrogen-bond donors (Lipinski definition) is 1. The Balaban J connectivity index is 1.82. The average molecular weight is 244 g/mol. The van der Waals surface area contributed by atoms with E-state index in [0.29, 0.717) is 11.7 Å². The highest BCUT2D eigenvalue weighted by Gasteiger charge is 2.13. The molecule has 1 aromatic heterocycles. The number of rotatable bonds is 4. The van der Waals surface area contributed by atoms with Crippen molar-refractivity contribution in [2.75, 3.05) is 25.0 Å². The minimum Gasteiger partial charge on any atom is -0.380 e. The summed E-state index contributed by atoms with van der Waals surface area (Å²) in [5, 5.41) is 12.1. The molecule has 1 fully saturated rings. The highest BCUT2D eigenvalue weighted by Crippen LogP contribution is 2.11. The zero-order valence-electron chi connectivity index (χ0n) is 10.9. The van der Waals surface area contributed by atoms with Gasteiger partial charge in [0.15, 0.2) is 0 Å². The molecular weight excluding hydrogens is 224 g/mol. The Labute approximate surface area is 109 Å². The maximum absolute atomic E-state index is 8.69. The first-order chi connectivity index (χ1) is 8.78. The summed E-state index contributed by atoms with van der Waals surface area (Å²) in [4.78, 5) is 6.57. The van der Waals surface area contributed by atoms with Gasteiger partial charge in [-0.25, -0.2) is 4.98 Å².